The van der Waals surface area contributed by atoms with Crippen LogP contribution in [-0.2, 0) is 6.42 Å². The lowest BCUT2D eigenvalue weighted by Crippen LogP contribution is -2.36. The van der Waals surface area contributed by atoms with Crippen molar-refractivity contribution in [1.29, 1.82) is 0 Å². The monoisotopic (exact) mass is 287 g/mol. The number of rotatable bonds is 6. The number of benzene rings is 1. The molecule has 1 aromatic carbocycles. The number of carbonyl (C=O) groups is 1. The quantitative estimate of drug-likeness (QED) is 0.843. The molecule has 1 saturated carbocycles. The summed E-state index contributed by atoms with van der Waals surface area (Å²) in [5, 5.41) is 6.46. The lowest BCUT2D eigenvalue weighted by molar-refractivity contribution is 0.0947. The fraction of sp³-hybridized carbons (Fsp3) is 0.588. The number of anilines is 1. The Morgan fingerprint density at radius 3 is 3.05 bits per heavy atom. The predicted octanol–water partition coefficient (Wildman–Crippen LogP) is 2.26. The first-order valence-corrected chi connectivity index (χ1v) is 8.17. The Labute approximate surface area is 126 Å². The second-order valence-corrected chi connectivity index (χ2v) is 5.98. The van der Waals surface area contributed by atoms with Crippen LogP contribution in [0.25, 0.3) is 0 Å². The van der Waals surface area contributed by atoms with Gasteiger partial charge in [-0.3, -0.25) is 9.69 Å². The molecule has 21 heavy (non-hydrogen) atoms. The number of nitrogens with zero attached hydrogens (tertiary/aromatic N) is 1. The van der Waals surface area contributed by atoms with Crippen molar-refractivity contribution in [2.45, 2.75) is 38.6 Å². The molecule has 1 aromatic rings. The Bertz CT molecular complexity index is 511. The Balaban J connectivity index is 1.58. The molecule has 4 nitrogen and oxygen atoms in total. The Morgan fingerprint density at radius 2 is 2.29 bits per heavy atom. The third kappa shape index (κ3) is 3.38. The fourth-order valence-corrected chi connectivity index (χ4v) is 3.17. The molecule has 3 rings (SSSR count). The average Bonchev–Trinajstić information content (AvgIpc) is 3.35. The molecule has 2 aliphatic rings. The van der Waals surface area contributed by atoms with Crippen molar-refractivity contribution in [3.8, 4) is 0 Å². The van der Waals surface area contributed by atoms with Gasteiger partial charge in [0.15, 0.2) is 0 Å². The highest BCUT2D eigenvalue weighted by Crippen LogP contribution is 2.26. The van der Waals surface area contributed by atoms with Gasteiger partial charge in [0.1, 0.15) is 0 Å². The van der Waals surface area contributed by atoms with Gasteiger partial charge in [0.25, 0.3) is 5.91 Å². The third-order valence-corrected chi connectivity index (χ3v) is 4.49. The van der Waals surface area contributed by atoms with E-state index in [0.717, 1.165) is 56.3 Å². The van der Waals surface area contributed by atoms with Crippen molar-refractivity contribution in [2.75, 3.05) is 31.5 Å². The van der Waals surface area contributed by atoms with Crippen LogP contribution in [0, 0.1) is 0 Å². The summed E-state index contributed by atoms with van der Waals surface area (Å²) in [5.41, 5.74) is 3.15. The number of likely N-dealkylation sites (N-methyl/N-ethyl adjacent to an activating group) is 1. The van der Waals surface area contributed by atoms with Gasteiger partial charge in [-0.2, -0.15) is 0 Å². The topological polar surface area (TPSA) is 44.4 Å². The zero-order valence-corrected chi connectivity index (χ0v) is 12.8. The highest BCUT2D eigenvalue weighted by molar-refractivity contribution is 5.97. The van der Waals surface area contributed by atoms with E-state index in [0.29, 0.717) is 0 Å². The standard InChI is InChI=1S/C17H25N3O/c1-2-20(13-8-9-13)12-11-19-17(21)15-5-3-7-16-14(15)6-4-10-18-16/h3,5,7,13,18H,2,4,6,8-12H2,1H3,(H,19,21). The van der Waals surface area contributed by atoms with Gasteiger partial charge in [0, 0.05) is 36.9 Å². The van der Waals surface area contributed by atoms with Crippen LogP contribution in [0.2, 0.25) is 0 Å². The number of hydrogen-bond donors (Lipinski definition) is 2. The van der Waals surface area contributed by atoms with Crippen LogP contribution >= 0.6 is 0 Å². The number of nitrogens with one attached hydrogen (secondary N) is 2. The van der Waals surface area contributed by atoms with Crippen LogP contribution < -0.4 is 10.6 Å². The summed E-state index contributed by atoms with van der Waals surface area (Å²) < 4.78 is 0. The highest BCUT2D eigenvalue weighted by atomic mass is 16.1. The van der Waals surface area contributed by atoms with Crippen molar-refractivity contribution in [1.82, 2.24) is 10.2 Å². The van der Waals surface area contributed by atoms with Gasteiger partial charge in [-0.1, -0.05) is 13.0 Å². The first-order chi connectivity index (χ1) is 10.3. The van der Waals surface area contributed by atoms with E-state index in [4.69, 9.17) is 0 Å². The molecule has 2 N–H and O–H groups in total. The highest BCUT2D eigenvalue weighted by Gasteiger charge is 2.27. The second-order valence-electron chi connectivity index (χ2n) is 5.98. The van der Waals surface area contributed by atoms with Gasteiger partial charge in [-0.25, -0.2) is 0 Å². The molecule has 0 bridgehead atoms. The van der Waals surface area contributed by atoms with Crippen LogP contribution in [0.15, 0.2) is 18.2 Å². The summed E-state index contributed by atoms with van der Waals surface area (Å²) in [6.45, 7) is 5.97. The molecule has 1 amide bonds. The van der Waals surface area contributed by atoms with Crippen molar-refractivity contribution in [2.24, 2.45) is 0 Å². The van der Waals surface area contributed by atoms with Crippen LogP contribution in [-0.4, -0.2) is 43.0 Å². The average molecular weight is 287 g/mol. The first kappa shape index (κ1) is 14.4. The second kappa shape index (κ2) is 6.48. The molecule has 0 unspecified atom stereocenters. The van der Waals surface area contributed by atoms with Crippen LogP contribution in [0.1, 0.15) is 42.1 Å². The van der Waals surface area contributed by atoms with Crippen LogP contribution in [0.3, 0.4) is 0 Å². The molecule has 0 atom stereocenters. The van der Waals surface area contributed by atoms with Crippen molar-refractivity contribution in [3.63, 3.8) is 0 Å². The molecule has 1 fully saturated rings. The minimum Gasteiger partial charge on any atom is -0.385 e. The lowest BCUT2D eigenvalue weighted by atomic mass is 9.97. The maximum atomic E-state index is 12.4. The third-order valence-electron chi connectivity index (χ3n) is 4.49. The maximum absolute atomic E-state index is 12.4. The van der Waals surface area contributed by atoms with E-state index in [1.807, 2.05) is 12.1 Å². The van der Waals surface area contributed by atoms with Crippen molar-refractivity contribution in [3.05, 3.63) is 29.3 Å². The number of fused-ring (bicyclic) bond motifs is 1. The molecule has 1 heterocycles. The first-order valence-electron chi connectivity index (χ1n) is 8.17. The van der Waals surface area contributed by atoms with E-state index in [9.17, 15) is 4.79 Å². The molecule has 0 radical (unpaired) electrons. The van der Waals surface area contributed by atoms with E-state index < -0.39 is 0 Å². The molecule has 0 spiro atoms. The molecule has 0 aromatic heterocycles. The summed E-state index contributed by atoms with van der Waals surface area (Å²) in [6.07, 6.45) is 4.73. The Kier molecular flexibility index (Phi) is 4.44. The molecular formula is C17H25N3O. The molecule has 4 heteroatoms. The number of amides is 1. The smallest absolute Gasteiger partial charge is 0.251 e. The summed E-state index contributed by atoms with van der Waals surface area (Å²) in [5.74, 6) is 0.0717. The van der Waals surface area contributed by atoms with Gasteiger partial charge < -0.3 is 10.6 Å². The van der Waals surface area contributed by atoms with Crippen molar-refractivity contribution >= 4 is 11.6 Å². The molecule has 1 aliphatic carbocycles. The Hall–Kier alpha value is -1.55. The zero-order chi connectivity index (χ0) is 14.7. The van der Waals surface area contributed by atoms with E-state index in [1.54, 1.807) is 0 Å². The van der Waals surface area contributed by atoms with E-state index in [-0.39, 0.29) is 5.91 Å². The number of hydrogen-bond acceptors (Lipinski definition) is 3. The SMILES string of the molecule is CCN(CCNC(=O)c1cccc2c1CCCN2)C1CC1. The minimum atomic E-state index is 0.0717. The normalized spacial score (nSPS) is 17.2. The van der Waals surface area contributed by atoms with Gasteiger partial charge in [-0.05, 0) is 49.9 Å². The summed E-state index contributed by atoms with van der Waals surface area (Å²) in [4.78, 5) is 14.9. The molecular weight excluding hydrogens is 262 g/mol. The van der Waals surface area contributed by atoms with Gasteiger partial charge in [0.2, 0.25) is 0 Å². The van der Waals surface area contributed by atoms with Gasteiger partial charge in [-0.15, -0.1) is 0 Å². The maximum Gasteiger partial charge on any atom is 0.251 e. The van der Waals surface area contributed by atoms with E-state index in [2.05, 4.69) is 28.5 Å². The van der Waals surface area contributed by atoms with Gasteiger partial charge >= 0.3 is 0 Å². The van der Waals surface area contributed by atoms with Crippen LogP contribution in [0.4, 0.5) is 5.69 Å². The molecule has 114 valence electrons. The predicted molar refractivity (Wildman–Crippen MR) is 85.9 cm³/mol. The molecule has 0 saturated heterocycles. The summed E-state index contributed by atoms with van der Waals surface area (Å²) in [7, 11) is 0. The Morgan fingerprint density at radius 1 is 1.43 bits per heavy atom. The lowest BCUT2D eigenvalue weighted by Gasteiger charge is -2.22. The summed E-state index contributed by atoms with van der Waals surface area (Å²) >= 11 is 0. The van der Waals surface area contributed by atoms with E-state index in [1.165, 1.54) is 18.4 Å². The van der Waals surface area contributed by atoms with Gasteiger partial charge in [0.05, 0.1) is 0 Å². The van der Waals surface area contributed by atoms with E-state index >= 15 is 0 Å². The number of carbonyl (C=O) groups excluding carboxylic acids is 1. The van der Waals surface area contributed by atoms with Crippen LogP contribution in [0.5, 0.6) is 0 Å². The fourth-order valence-electron chi connectivity index (χ4n) is 3.17. The minimum absolute atomic E-state index is 0.0717. The molecule has 1 aliphatic heterocycles. The van der Waals surface area contributed by atoms with Crippen molar-refractivity contribution < 1.29 is 4.79 Å². The summed E-state index contributed by atoms with van der Waals surface area (Å²) in [6, 6.07) is 6.74. The zero-order valence-electron chi connectivity index (χ0n) is 12.8. The largest absolute Gasteiger partial charge is 0.385 e.